The number of halogens is 1. The Hall–Kier alpha value is -3.11. The number of anilines is 1. The molecule has 3 heterocycles. The number of hydrogen-bond donors (Lipinski definition) is 1. The number of sulfone groups is 1. The van der Waals surface area contributed by atoms with Gasteiger partial charge in [-0.2, -0.15) is 8.75 Å². The van der Waals surface area contributed by atoms with Crippen LogP contribution in [0.15, 0.2) is 47.5 Å². The highest BCUT2D eigenvalue weighted by molar-refractivity contribution is 7.90. The monoisotopic (exact) mass is 456 g/mol. The van der Waals surface area contributed by atoms with Crippen molar-refractivity contribution in [1.29, 1.82) is 0 Å². The van der Waals surface area contributed by atoms with Gasteiger partial charge in [0, 0.05) is 42.1 Å². The van der Waals surface area contributed by atoms with Crippen molar-refractivity contribution in [3.8, 4) is 16.9 Å². The summed E-state index contributed by atoms with van der Waals surface area (Å²) in [6, 6.07) is 9.64. The van der Waals surface area contributed by atoms with Crippen LogP contribution in [0.3, 0.4) is 0 Å². The summed E-state index contributed by atoms with van der Waals surface area (Å²) in [5.41, 5.74) is 4.20. The number of ether oxygens (including phenoxy) is 1. The van der Waals surface area contributed by atoms with Gasteiger partial charge in [0.05, 0.1) is 23.2 Å². The highest BCUT2D eigenvalue weighted by atomic mass is 32.2. The first-order chi connectivity index (χ1) is 14.9. The van der Waals surface area contributed by atoms with Crippen LogP contribution in [0.4, 0.5) is 10.2 Å². The fraction of sp³-hybridized carbons (Fsp3) is 0.190. The minimum absolute atomic E-state index is 0.247. The summed E-state index contributed by atoms with van der Waals surface area (Å²) in [7, 11) is -3.27. The van der Waals surface area contributed by atoms with Gasteiger partial charge in [0.25, 0.3) is 0 Å². The fourth-order valence-corrected chi connectivity index (χ4v) is 4.87. The molecule has 0 fully saturated rings. The Bertz CT molecular complexity index is 1400. The molecule has 1 N–H and O–H groups in total. The van der Waals surface area contributed by atoms with Gasteiger partial charge in [-0.05, 0) is 29.8 Å². The Labute approximate surface area is 182 Å². The van der Waals surface area contributed by atoms with E-state index < -0.39 is 9.84 Å². The molecule has 5 rings (SSSR count). The van der Waals surface area contributed by atoms with Crippen LogP contribution in [0, 0.1) is 5.82 Å². The number of fused-ring (bicyclic) bond motifs is 2. The van der Waals surface area contributed by atoms with Crippen molar-refractivity contribution >= 4 is 38.4 Å². The zero-order chi connectivity index (χ0) is 21.6. The second kappa shape index (κ2) is 7.54. The van der Waals surface area contributed by atoms with Crippen LogP contribution in [0.5, 0.6) is 5.75 Å². The van der Waals surface area contributed by atoms with Crippen LogP contribution in [-0.2, 0) is 22.8 Å². The van der Waals surface area contributed by atoms with Crippen LogP contribution in [0.25, 0.3) is 22.2 Å². The molecule has 0 saturated heterocycles. The maximum atomic E-state index is 14.4. The van der Waals surface area contributed by atoms with E-state index in [2.05, 4.69) is 19.0 Å². The molecule has 0 unspecified atom stereocenters. The SMILES string of the molecule is CS(=O)(=O)c1ccc(-c2cnc(NCc3c(F)ccc4c3CCO4)c3nsnc23)cc1. The number of aromatic nitrogens is 3. The zero-order valence-electron chi connectivity index (χ0n) is 16.4. The van der Waals surface area contributed by atoms with Crippen molar-refractivity contribution in [3.05, 3.63) is 59.5 Å². The van der Waals surface area contributed by atoms with Crippen LogP contribution < -0.4 is 10.1 Å². The highest BCUT2D eigenvalue weighted by Gasteiger charge is 2.20. The molecule has 2 aromatic heterocycles. The van der Waals surface area contributed by atoms with Crippen molar-refractivity contribution < 1.29 is 17.5 Å². The fourth-order valence-electron chi connectivity index (χ4n) is 3.67. The predicted molar refractivity (Wildman–Crippen MR) is 117 cm³/mol. The molecule has 0 atom stereocenters. The third kappa shape index (κ3) is 3.61. The standard InChI is InChI=1S/C21H17FN4O3S2/c1-31(27,28)13-4-2-12(3-5-13)15-10-23-21(20-19(15)25-30-26-20)24-11-16-14-8-9-29-18(14)7-6-17(16)22/h2-7,10H,8-9,11H2,1H3,(H,23,24). The molecule has 0 bridgehead atoms. The summed E-state index contributed by atoms with van der Waals surface area (Å²) < 4.78 is 52.1. The lowest BCUT2D eigenvalue weighted by Gasteiger charge is -2.12. The second-order valence-corrected chi connectivity index (χ2v) is 9.78. The molecule has 0 amide bonds. The smallest absolute Gasteiger partial charge is 0.175 e. The molecule has 2 aromatic carbocycles. The first kappa shape index (κ1) is 19.8. The lowest BCUT2D eigenvalue weighted by Crippen LogP contribution is -2.07. The van der Waals surface area contributed by atoms with Crippen molar-refractivity contribution in [3.63, 3.8) is 0 Å². The molecule has 0 radical (unpaired) electrons. The largest absolute Gasteiger partial charge is 0.493 e. The van der Waals surface area contributed by atoms with Crippen LogP contribution >= 0.6 is 11.7 Å². The van der Waals surface area contributed by atoms with E-state index in [1.165, 1.54) is 12.3 Å². The van der Waals surface area contributed by atoms with Gasteiger partial charge in [-0.3, -0.25) is 0 Å². The highest BCUT2D eigenvalue weighted by Crippen LogP contribution is 2.33. The van der Waals surface area contributed by atoms with E-state index in [0.717, 1.165) is 34.2 Å². The first-order valence-electron chi connectivity index (χ1n) is 9.50. The number of hydrogen-bond acceptors (Lipinski definition) is 8. The molecule has 158 valence electrons. The summed E-state index contributed by atoms with van der Waals surface area (Å²) in [5.74, 6) is 0.947. The molecule has 1 aliphatic rings. The van der Waals surface area contributed by atoms with Crippen molar-refractivity contribution in [1.82, 2.24) is 13.7 Å². The maximum Gasteiger partial charge on any atom is 0.175 e. The minimum Gasteiger partial charge on any atom is -0.493 e. The van der Waals surface area contributed by atoms with Crippen LogP contribution in [0.1, 0.15) is 11.1 Å². The van der Waals surface area contributed by atoms with Gasteiger partial charge in [-0.15, -0.1) is 0 Å². The van der Waals surface area contributed by atoms with Gasteiger partial charge in [0.2, 0.25) is 0 Å². The lowest BCUT2D eigenvalue weighted by molar-refractivity contribution is 0.356. The molecular formula is C21H17FN4O3S2. The van der Waals surface area contributed by atoms with Gasteiger partial charge in [0.15, 0.2) is 15.7 Å². The zero-order valence-corrected chi connectivity index (χ0v) is 18.1. The summed E-state index contributed by atoms with van der Waals surface area (Å²) in [6.07, 6.45) is 3.51. The van der Waals surface area contributed by atoms with E-state index in [9.17, 15) is 12.8 Å². The Morgan fingerprint density at radius 1 is 1.13 bits per heavy atom. The van der Waals surface area contributed by atoms with Crippen LogP contribution in [0.2, 0.25) is 0 Å². The molecule has 7 nitrogen and oxygen atoms in total. The van der Waals surface area contributed by atoms with E-state index >= 15 is 0 Å². The molecule has 0 aliphatic carbocycles. The Morgan fingerprint density at radius 2 is 1.90 bits per heavy atom. The van der Waals surface area contributed by atoms with E-state index in [1.54, 1.807) is 36.5 Å². The molecule has 0 spiro atoms. The summed E-state index contributed by atoms with van der Waals surface area (Å²) >= 11 is 1.06. The van der Waals surface area contributed by atoms with Crippen LogP contribution in [-0.4, -0.2) is 35.0 Å². The molecule has 10 heteroatoms. The normalized spacial score (nSPS) is 13.2. The van der Waals surface area contributed by atoms with Gasteiger partial charge >= 0.3 is 0 Å². The summed E-state index contributed by atoms with van der Waals surface area (Å²) in [6.45, 7) is 0.803. The van der Waals surface area contributed by atoms with E-state index in [4.69, 9.17) is 4.74 Å². The molecular weight excluding hydrogens is 439 g/mol. The third-order valence-corrected chi connectivity index (χ3v) is 6.91. The number of benzene rings is 2. The quantitative estimate of drug-likeness (QED) is 0.488. The van der Waals surface area contributed by atoms with Gasteiger partial charge < -0.3 is 10.1 Å². The Kier molecular flexibility index (Phi) is 4.82. The number of nitrogens with zero attached hydrogens (tertiary/aromatic N) is 3. The average Bonchev–Trinajstić information content (AvgIpc) is 3.42. The number of rotatable bonds is 5. The maximum absolute atomic E-state index is 14.4. The number of nitrogens with one attached hydrogen (secondary N) is 1. The van der Waals surface area contributed by atoms with Gasteiger partial charge in [-0.1, -0.05) is 12.1 Å². The third-order valence-electron chi connectivity index (χ3n) is 5.26. The van der Waals surface area contributed by atoms with Crippen molar-refractivity contribution in [2.24, 2.45) is 0 Å². The first-order valence-corrected chi connectivity index (χ1v) is 12.1. The molecule has 1 aliphatic heterocycles. The molecule has 31 heavy (non-hydrogen) atoms. The average molecular weight is 457 g/mol. The second-order valence-electron chi connectivity index (χ2n) is 7.23. The van der Waals surface area contributed by atoms with Gasteiger partial charge in [0.1, 0.15) is 22.6 Å². The summed E-state index contributed by atoms with van der Waals surface area (Å²) in [4.78, 5) is 4.73. The summed E-state index contributed by atoms with van der Waals surface area (Å²) in [5, 5.41) is 3.19. The van der Waals surface area contributed by atoms with Crippen molar-refractivity contribution in [2.45, 2.75) is 17.9 Å². The lowest BCUT2D eigenvalue weighted by atomic mass is 10.0. The number of pyridine rings is 1. The Morgan fingerprint density at radius 3 is 2.68 bits per heavy atom. The molecule has 4 aromatic rings. The topological polar surface area (TPSA) is 94.1 Å². The van der Waals surface area contributed by atoms with Gasteiger partial charge in [-0.25, -0.2) is 17.8 Å². The van der Waals surface area contributed by atoms with E-state index in [0.29, 0.717) is 35.4 Å². The Balaban J connectivity index is 1.47. The van der Waals surface area contributed by atoms with E-state index in [1.807, 2.05) is 0 Å². The van der Waals surface area contributed by atoms with Crippen molar-refractivity contribution in [2.75, 3.05) is 18.2 Å². The molecule has 0 saturated carbocycles. The predicted octanol–water partition coefficient (Wildman–Crippen LogP) is 3.84. The minimum atomic E-state index is -3.27. The van der Waals surface area contributed by atoms with E-state index in [-0.39, 0.29) is 17.3 Å².